The summed E-state index contributed by atoms with van der Waals surface area (Å²) >= 11 is 0. The molecule has 1 aromatic rings. The molecule has 6 nitrogen and oxygen atoms in total. The molecule has 2 fully saturated rings. The largest absolute Gasteiger partial charge is 0.335 e. The fourth-order valence-corrected chi connectivity index (χ4v) is 2.73. The summed E-state index contributed by atoms with van der Waals surface area (Å²) in [7, 11) is 0. The number of rotatable bonds is 2. The van der Waals surface area contributed by atoms with Gasteiger partial charge in [0.1, 0.15) is 5.82 Å². The first-order valence-electron chi connectivity index (χ1n) is 7.16. The lowest BCUT2D eigenvalue weighted by Crippen LogP contribution is -2.50. The van der Waals surface area contributed by atoms with E-state index >= 15 is 0 Å². The van der Waals surface area contributed by atoms with Crippen LogP contribution in [0, 0.1) is 6.92 Å². The van der Waals surface area contributed by atoms with Crippen LogP contribution >= 0.6 is 0 Å². The van der Waals surface area contributed by atoms with E-state index in [-0.39, 0.29) is 11.9 Å². The third kappa shape index (κ3) is 2.72. The Balaban J connectivity index is 1.59. The van der Waals surface area contributed by atoms with Crippen molar-refractivity contribution in [1.29, 1.82) is 0 Å². The number of aryl methyl sites for hydroxylation is 1. The van der Waals surface area contributed by atoms with Crippen LogP contribution in [-0.2, 0) is 0 Å². The Hall–Kier alpha value is -1.59. The normalized spacial score (nSPS) is 24.1. The van der Waals surface area contributed by atoms with E-state index in [2.05, 4.69) is 20.5 Å². The minimum Gasteiger partial charge on any atom is -0.335 e. The lowest BCUT2D eigenvalue weighted by molar-refractivity contribution is 0.168. The molecule has 0 bridgehead atoms. The maximum Gasteiger partial charge on any atom is 0.317 e. The average Bonchev–Trinajstić information content (AvgIpc) is 2.80. The zero-order chi connectivity index (χ0) is 13.2. The van der Waals surface area contributed by atoms with Crippen molar-refractivity contribution in [2.24, 2.45) is 0 Å². The van der Waals surface area contributed by atoms with E-state index in [4.69, 9.17) is 0 Å². The predicted octanol–water partition coefficient (Wildman–Crippen LogP) is 1.55. The summed E-state index contributed by atoms with van der Waals surface area (Å²) in [5.74, 6) is 1.95. The molecule has 0 radical (unpaired) electrons. The first-order chi connectivity index (χ1) is 9.22. The van der Waals surface area contributed by atoms with Crippen LogP contribution < -0.4 is 5.32 Å². The number of hydrogen-bond acceptors (Lipinski definition) is 3. The third-order valence-corrected chi connectivity index (χ3v) is 4.12. The van der Waals surface area contributed by atoms with Gasteiger partial charge in [0.2, 0.25) is 0 Å². The fourth-order valence-electron chi connectivity index (χ4n) is 2.73. The van der Waals surface area contributed by atoms with Crippen molar-refractivity contribution in [3.05, 3.63) is 11.6 Å². The van der Waals surface area contributed by atoms with Crippen molar-refractivity contribution in [3.63, 3.8) is 0 Å². The van der Waals surface area contributed by atoms with Crippen molar-refractivity contribution in [2.75, 3.05) is 13.1 Å². The van der Waals surface area contributed by atoms with Crippen molar-refractivity contribution in [2.45, 2.75) is 51.0 Å². The molecule has 1 aliphatic heterocycles. The zero-order valence-electron chi connectivity index (χ0n) is 11.4. The molecule has 3 rings (SSSR count). The van der Waals surface area contributed by atoms with Gasteiger partial charge in [0, 0.05) is 25.0 Å². The van der Waals surface area contributed by atoms with Crippen LogP contribution in [0.25, 0.3) is 0 Å². The van der Waals surface area contributed by atoms with Gasteiger partial charge in [0.15, 0.2) is 5.82 Å². The molecule has 2 heterocycles. The average molecular weight is 263 g/mol. The maximum atomic E-state index is 12.1. The molecular formula is C13H21N5O. The molecule has 1 atom stereocenters. The highest BCUT2D eigenvalue weighted by Crippen LogP contribution is 2.25. The topological polar surface area (TPSA) is 73.9 Å². The number of carbonyl (C=O) groups is 1. The van der Waals surface area contributed by atoms with Gasteiger partial charge in [-0.2, -0.15) is 5.10 Å². The summed E-state index contributed by atoms with van der Waals surface area (Å²) in [4.78, 5) is 18.5. The minimum absolute atomic E-state index is 0.0849. The Morgan fingerprint density at radius 1 is 1.37 bits per heavy atom. The number of piperidine rings is 1. The molecule has 6 heteroatoms. The highest BCUT2D eigenvalue weighted by atomic mass is 16.2. The number of amides is 2. The first-order valence-corrected chi connectivity index (χ1v) is 7.16. The van der Waals surface area contributed by atoms with Crippen LogP contribution in [0.5, 0.6) is 0 Å². The summed E-state index contributed by atoms with van der Waals surface area (Å²) in [6.07, 6.45) is 5.58. The predicted molar refractivity (Wildman–Crippen MR) is 70.8 cm³/mol. The quantitative estimate of drug-likeness (QED) is 0.850. The van der Waals surface area contributed by atoms with Gasteiger partial charge in [-0.15, -0.1) is 0 Å². The van der Waals surface area contributed by atoms with Gasteiger partial charge in [-0.3, -0.25) is 5.10 Å². The van der Waals surface area contributed by atoms with E-state index in [9.17, 15) is 4.79 Å². The number of H-pyrrole nitrogens is 1. The second-order valence-corrected chi connectivity index (χ2v) is 5.64. The number of aromatic nitrogens is 3. The van der Waals surface area contributed by atoms with Crippen molar-refractivity contribution in [1.82, 2.24) is 25.4 Å². The molecule has 1 unspecified atom stereocenters. The molecule has 0 spiro atoms. The number of aromatic amines is 1. The molecule has 2 N–H and O–H groups in total. The highest BCUT2D eigenvalue weighted by molar-refractivity contribution is 5.74. The number of urea groups is 1. The Morgan fingerprint density at radius 3 is 2.84 bits per heavy atom. The molecule has 1 saturated carbocycles. The minimum atomic E-state index is 0.0849. The number of nitrogens with one attached hydrogen (secondary N) is 2. The molecule has 0 aromatic carbocycles. The summed E-state index contributed by atoms with van der Waals surface area (Å²) in [6, 6.07) is 0.486. The van der Waals surface area contributed by atoms with Crippen LogP contribution in [0.3, 0.4) is 0 Å². The van der Waals surface area contributed by atoms with E-state index in [1.165, 1.54) is 6.42 Å². The smallest absolute Gasteiger partial charge is 0.317 e. The van der Waals surface area contributed by atoms with Crippen LogP contribution in [0.1, 0.15) is 49.7 Å². The number of likely N-dealkylation sites (tertiary alicyclic amines) is 1. The van der Waals surface area contributed by atoms with E-state index in [1.54, 1.807) is 0 Å². The standard InChI is InChI=1S/C13H21N5O/c1-9-14-12(17-16-9)10-4-3-7-18(8-10)13(19)15-11-5-2-6-11/h10-11H,2-8H2,1H3,(H,15,19)(H,14,16,17). The van der Waals surface area contributed by atoms with Gasteiger partial charge in [-0.05, 0) is 39.0 Å². The van der Waals surface area contributed by atoms with Crippen LogP contribution in [0.4, 0.5) is 4.79 Å². The van der Waals surface area contributed by atoms with E-state index in [1.807, 2.05) is 11.8 Å². The maximum absolute atomic E-state index is 12.1. The molecule has 19 heavy (non-hydrogen) atoms. The second-order valence-electron chi connectivity index (χ2n) is 5.64. The molecule has 2 amide bonds. The summed E-state index contributed by atoms with van der Waals surface area (Å²) in [5, 5.41) is 10.2. The molecule has 2 aliphatic rings. The first kappa shape index (κ1) is 12.4. The zero-order valence-corrected chi connectivity index (χ0v) is 11.4. The van der Waals surface area contributed by atoms with E-state index < -0.39 is 0 Å². The molecule has 1 aromatic heterocycles. The van der Waals surface area contributed by atoms with Crippen LogP contribution in [-0.4, -0.2) is 45.2 Å². The summed E-state index contributed by atoms with van der Waals surface area (Å²) in [5.41, 5.74) is 0. The van der Waals surface area contributed by atoms with Crippen molar-refractivity contribution in [3.8, 4) is 0 Å². The summed E-state index contributed by atoms with van der Waals surface area (Å²) < 4.78 is 0. The highest BCUT2D eigenvalue weighted by Gasteiger charge is 2.29. The third-order valence-electron chi connectivity index (χ3n) is 4.12. The summed E-state index contributed by atoms with van der Waals surface area (Å²) in [6.45, 7) is 3.48. The SMILES string of the molecule is Cc1nc(C2CCCN(C(=O)NC3CCC3)C2)n[nH]1. The van der Waals surface area contributed by atoms with Gasteiger partial charge >= 0.3 is 6.03 Å². The molecule has 1 saturated heterocycles. The number of nitrogens with zero attached hydrogens (tertiary/aromatic N) is 3. The fraction of sp³-hybridized carbons (Fsp3) is 0.769. The van der Waals surface area contributed by atoms with E-state index in [0.717, 1.165) is 50.4 Å². The van der Waals surface area contributed by atoms with Gasteiger partial charge in [-0.25, -0.2) is 9.78 Å². The van der Waals surface area contributed by atoms with Gasteiger partial charge in [0.25, 0.3) is 0 Å². The van der Waals surface area contributed by atoms with Crippen molar-refractivity contribution >= 4 is 6.03 Å². The Bertz CT molecular complexity index is 454. The van der Waals surface area contributed by atoms with Crippen molar-refractivity contribution < 1.29 is 4.79 Å². The Morgan fingerprint density at radius 2 is 2.21 bits per heavy atom. The van der Waals surface area contributed by atoms with Crippen LogP contribution in [0.15, 0.2) is 0 Å². The number of hydrogen-bond donors (Lipinski definition) is 2. The van der Waals surface area contributed by atoms with Gasteiger partial charge in [0.05, 0.1) is 0 Å². The molecule has 1 aliphatic carbocycles. The Kier molecular flexibility index (Phi) is 3.40. The second kappa shape index (κ2) is 5.19. The van der Waals surface area contributed by atoms with Crippen LogP contribution in [0.2, 0.25) is 0 Å². The number of carbonyl (C=O) groups excluding carboxylic acids is 1. The Labute approximate surface area is 113 Å². The van der Waals surface area contributed by atoms with Gasteiger partial charge in [-0.1, -0.05) is 0 Å². The monoisotopic (exact) mass is 263 g/mol. The molecule has 104 valence electrons. The van der Waals surface area contributed by atoms with Gasteiger partial charge < -0.3 is 10.2 Å². The van der Waals surface area contributed by atoms with E-state index in [0.29, 0.717) is 6.04 Å². The lowest BCUT2D eigenvalue weighted by atomic mass is 9.93. The lowest BCUT2D eigenvalue weighted by Gasteiger charge is -2.34. The molecular weight excluding hydrogens is 242 g/mol.